The molecule has 0 saturated carbocycles. The first-order valence-electron chi connectivity index (χ1n) is 9.64. The van der Waals surface area contributed by atoms with Crippen LogP contribution in [0.5, 0.6) is 0 Å². The van der Waals surface area contributed by atoms with Crippen LogP contribution in [0.2, 0.25) is 0 Å². The first kappa shape index (κ1) is 18.2. The summed E-state index contributed by atoms with van der Waals surface area (Å²) < 4.78 is 0. The number of nitrogens with one attached hydrogen (secondary N) is 2. The maximum absolute atomic E-state index is 12.7. The molecule has 1 atom stereocenters. The van der Waals surface area contributed by atoms with E-state index in [1.165, 1.54) is 0 Å². The van der Waals surface area contributed by atoms with Crippen molar-refractivity contribution in [2.75, 3.05) is 18.4 Å². The lowest BCUT2D eigenvalue weighted by Crippen LogP contribution is -2.44. The van der Waals surface area contributed by atoms with E-state index in [0.717, 1.165) is 36.1 Å². The molecule has 144 valence electrons. The molecule has 1 fully saturated rings. The largest absolute Gasteiger partial charge is 0.342 e. The lowest BCUT2D eigenvalue weighted by atomic mass is 9.92. The Kier molecular flexibility index (Phi) is 5.06. The van der Waals surface area contributed by atoms with Crippen molar-refractivity contribution in [3.63, 3.8) is 0 Å². The van der Waals surface area contributed by atoms with Crippen LogP contribution in [0.15, 0.2) is 42.6 Å². The van der Waals surface area contributed by atoms with Gasteiger partial charge in [0.25, 0.3) is 0 Å². The number of aryl methyl sites for hydroxylation is 1. The van der Waals surface area contributed by atoms with Crippen molar-refractivity contribution in [1.82, 2.24) is 19.9 Å². The van der Waals surface area contributed by atoms with Gasteiger partial charge in [-0.05, 0) is 43.2 Å². The van der Waals surface area contributed by atoms with Crippen molar-refractivity contribution in [3.05, 3.63) is 54.1 Å². The first-order chi connectivity index (χ1) is 13.6. The minimum atomic E-state index is -0.211. The number of benzene rings is 1. The number of carbonyl (C=O) groups excluding carboxylic acids is 2. The molecule has 0 aliphatic carbocycles. The van der Waals surface area contributed by atoms with Crippen molar-refractivity contribution >= 4 is 28.5 Å². The van der Waals surface area contributed by atoms with Crippen LogP contribution in [0.25, 0.3) is 11.0 Å². The number of aromatic nitrogens is 3. The number of amides is 2. The molecular weight excluding hydrogens is 354 g/mol. The number of piperidine rings is 1. The highest BCUT2D eigenvalue weighted by Gasteiger charge is 2.29. The normalized spacial score (nSPS) is 16.9. The van der Waals surface area contributed by atoms with Gasteiger partial charge in [0.2, 0.25) is 0 Å². The molecule has 2 N–H and O–H groups in total. The van der Waals surface area contributed by atoms with E-state index in [-0.39, 0.29) is 17.7 Å². The molecule has 0 unspecified atom stereocenters. The fourth-order valence-electron chi connectivity index (χ4n) is 3.60. The fourth-order valence-corrected chi connectivity index (χ4v) is 3.60. The number of ketones is 1. The van der Waals surface area contributed by atoms with Crippen LogP contribution >= 0.6 is 0 Å². The Bertz CT molecular complexity index is 998. The fraction of sp³-hybridized carbons (Fsp3) is 0.333. The summed E-state index contributed by atoms with van der Waals surface area (Å²) in [4.78, 5) is 39.0. The van der Waals surface area contributed by atoms with Gasteiger partial charge in [-0.2, -0.15) is 0 Å². The Morgan fingerprint density at radius 2 is 2.18 bits per heavy atom. The number of H-pyrrole nitrogens is 1. The molecule has 0 bridgehead atoms. The number of aromatic amines is 1. The third-order valence-electron chi connectivity index (χ3n) is 5.11. The molecule has 4 rings (SSSR count). The summed E-state index contributed by atoms with van der Waals surface area (Å²) >= 11 is 0. The van der Waals surface area contributed by atoms with E-state index in [4.69, 9.17) is 0 Å². The minimum absolute atomic E-state index is 0.00377. The lowest BCUT2D eigenvalue weighted by molar-refractivity contribution is 0.0846. The summed E-state index contributed by atoms with van der Waals surface area (Å²) in [6.45, 7) is 3.09. The number of urea groups is 1. The smallest absolute Gasteiger partial charge is 0.321 e. The Hall–Kier alpha value is -3.22. The average molecular weight is 377 g/mol. The van der Waals surface area contributed by atoms with E-state index in [1.807, 2.05) is 31.2 Å². The predicted molar refractivity (Wildman–Crippen MR) is 107 cm³/mol. The average Bonchev–Trinajstić information content (AvgIpc) is 3.16. The Morgan fingerprint density at radius 3 is 2.96 bits per heavy atom. The van der Waals surface area contributed by atoms with Gasteiger partial charge in [-0.15, -0.1) is 0 Å². The van der Waals surface area contributed by atoms with E-state index in [2.05, 4.69) is 20.3 Å². The molecule has 3 heterocycles. The quantitative estimate of drug-likeness (QED) is 0.679. The third-order valence-corrected chi connectivity index (χ3v) is 5.11. The van der Waals surface area contributed by atoms with E-state index < -0.39 is 0 Å². The zero-order valence-electron chi connectivity index (χ0n) is 15.8. The van der Waals surface area contributed by atoms with Crippen LogP contribution < -0.4 is 5.32 Å². The van der Waals surface area contributed by atoms with Crippen LogP contribution in [0, 0.1) is 5.92 Å². The second-order valence-electron chi connectivity index (χ2n) is 7.06. The van der Waals surface area contributed by atoms with Gasteiger partial charge >= 0.3 is 6.03 Å². The van der Waals surface area contributed by atoms with Crippen LogP contribution in [0.1, 0.15) is 36.1 Å². The standard InChI is InChI=1S/C21H23N5O2/c1-2-19-24-16-9-8-15(12-18(16)25-19)23-21(28)26-11-5-6-14(13-26)20(27)17-7-3-4-10-22-17/h3-4,7-10,12,14H,2,5-6,11,13H2,1H3,(H,23,28)(H,24,25)/t14-/m0/s1. The van der Waals surface area contributed by atoms with Gasteiger partial charge in [-0.3, -0.25) is 9.78 Å². The van der Waals surface area contributed by atoms with Gasteiger partial charge in [-0.25, -0.2) is 9.78 Å². The number of likely N-dealkylation sites (tertiary alicyclic amines) is 1. The number of rotatable bonds is 4. The SMILES string of the molecule is CCc1nc2ccc(NC(=O)N3CCC[C@H](C(=O)c4ccccn4)C3)cc2[nH]1. The molecule has 1 aromatic carbocycles. The number of carbonyl (C=O) groups is 2. The van der Waals surface area contributed by atoms with Crippen LogP contribution in [0.3, 0.4) is 0 Å². The summed E-state index contributed by atoms with van der Waals surface area (Å²) in [5.74, 6) is 0.714. The van der Waals surface area contributed by atoms with Crippen LogP contribution in [-0.4, -0.2) is 44.8 Å². The molecule has 7 heteroatoms. The molecule has 1 aliphatic heterocycles. The molecule has 1 saturated heterocycles. The molecule has 7 nitrogen and oxygen atoms in total. The number of fused-ring (bicyclic) bond motifs is 1. The van der Waals surface area contributed by atoms with Crippen molar-refractivity contribution in [1.29, 1.82) is 0 Å². The third kappa shape index (κ3) is 3.74. The molecule has 28 heavy (non-hydrogen) atoms. The molecule has 0 radical (unpaired) electrons. The number of pyridine rings is 1. The van der Waals surface area contributed by atoms with E-state index >= 15 is 0 Å². The van der Waals surface area contributed by atoms with Crippen molar-refractivity contribution in [2.45, 2.75) is 26.2 Å². The summed E-state index contributed by atoms with van der Waals surface area (Å²) in [6.07, 6.45) is 4.03. The summed E-state index contributed by atoms with van der Waals surface area (Å²) in [5, 5.41) is 2.94. The number of Topliss-reactive ketones (excluding diaryl/α,β-unsaturated/α-hetero) is 1. The van der Waals surface area contributed by atoms with Gasteiger partial charge < -0.3 is 15.2 Å². The molecule has 2 aromatic heterocycles. The van der Waals surface area contributed by atoms with Crippen molar-refractivity contribution < 1.29 is 9.59 Å². The monoisotopic (exact) mass is 377 g/mol. The highest BCUT2D eigenvalue weighted by Crippen LogP contribution is 2.22. The molecule has 3 aromatic rings. The number of hydrogen-bond donors (Lipinski definition) is 2. The van der Waals surface area contributed by atoms with Gasteiger partial charge in [0.15, 0.2) is 5.78 Å². The zero-order chi connectivity index (χ0) is 19.5. The maximum Gasteiger partial charge on any atom is 0.321 e. The Labute approximate surface area is 163 Å². The topological polar surface area (TPSA) is 91.0 Å². The molecule has 2 amide bonds. The van der Waals surface area contributed by atoms with E-state index in [9.17, 15) is 9.59 Å². The summed E-state index contributed by atoms with van der Waals surface area (Å²) in [6, 6.07) is 10.8. The van der Waals surface area contributed by atoms with Gasteiger partial charge in [0, 0.05) is 37.3 Å². The van der Waals surface area contributed by atoms with E-state index in [1.54, 1.807) is 23.2 Å². The summed E-state index contributed by atoms with van der Waals surface area (Å²) in [7, 11) is 0. The number of hydrogen-bond acceptors (Lipinski definition) is 4. The molecule has 0 spiro atoms. The van der Waals surface area contributed by atoms with Gasteiger partial charge in [-0.1, -0.05) is 13.0 Å². The second kappa shape index (κ2) is 7.80. The lowest BCUT2D eigenvalue weighted by Gasteiger charge is -2.31. The van der Waals surface area contributed by atoms with E-state index in [0.29, 0.717) is 24.5 Å². The number of imidazole rings is 1. The summed E-state index contributed by atoms with van der Waals surface area (Å²) in [5.41, 5.74) is 2.96. The maximum atomic E-state index is 12.7. The molecular formula is C21H23N5O2. The predicted octanol–water partition coefficient (Wildman–Crippen LogP) is 3.65. The van der Waals surface area contributed by atoms with Crippen molar-refractivity contribution in [2.24, 2.45) is 5.92 Å². The zero-order valence-corrected chi connectivity index (χ0v) is 15.8. The highest BCUT2D eigenvalue weighted by atomic mass is 16.2. The van der Waals surface area contributed by atoms with Crippen LogP contribution in [-0.2, 0) is 6.42 Å². The minimum Gasteiger partial charge on any atom is -0.342 e. The Morgan fingerprint density at radius 1 is 1.29 bits per heavy atom. The number of nitrogens with zero attached hydrogens (tertiary/aromatic N) is 3. The van der Waals surface area contributed by atoms with Crippen LogP contribution in [0.4, 0.5) is 10.5 Å². The van der Waals surface area contributed by atoms with Crippen molar-refractivity contribution in [3.8, 4) is 0 Å². The highest BCUT2D eigenvalue weighted by molar-refractivity contribution is 5.97. The second-order valence-corrected chi connectivity index (χ2v) is 7.06. The Balaban J connectivity index is 1.43. The number of anilines is 1. The van der Waals surface area contributed by atoms with Gasteiger partial charge in [0.05, 0.1) is 11.0 Å². The first-order valence-corrected chi connectivity index (χ1v) is 9.64. The van der Waals surface area contributed by atoms with Gasteiger partial charge in [0.1, 0.15) is 11.5 Å². The molecule has 1 aliphatic rings.